The van der Waals surface area contributed by atoms with Gasteiger partial charge in [0.25, 0.3) is 0 Å². The molecule has 0 saturated heterocycles. The summed E-state index contributed by atoms with van der Waals surface area (Å²) in [7, 11) is 0. The van der Waals surface area contributed by atoms with E-state index in [0.29, 0.717) is 10.3 Å². The van der Waals surface area contributed by atoms with E-state index in [1.54, 1.807) is 4.57 Å². The van der Waals surface area contributed by atoms with Gasteiger partial charge in [0.15, 0.2) is 16.4 Å². The second-order valence-electron chi connectivity index (χ2n) is 6.40. The molecule has 102 valence electrons. The largest absolute Gasteiger partial charge is 0.330 e. The predicted molar refractivity (Wildman–Crippen MR) is 73.6 cm³/mol. The molecular formula is C14H16F2N2S. The van der Waals surface area contributed by atoms with Gasteiger partial charge in [-0.05, 0) is 35.2 Å². The predicted octanol–water partition coefficient (Wildman–Crippen LogP) is 4.58. The first-order chi connectivity index (χ1) is 8.69. The smallest absolute Gasteiger partial charge is 0.184 e. The zero-order valence-corrected chi connectivity index (χ0v) is 12.2. The van der Waals surface area contributed by atoms with Gasteiger partial charge in [-0.1, -0.05) is 27.7 Å². The van der Waals surface area contributed by atoms with Crippen LogP contribution in [0, 0.1) is 27.2 Å². The topological polar surface area (TPSA) is 20.7 Å². The molecule has 1 saturated carbocycles. The normalized spacial score (nSPS) is 20.9. The Morgan fingerprint density at radius 1 is 1.16 bits per heavy atom. The summed E-state index contributed by atoms with van der Waals surface area (Å²) in [6, 6.07) is 2.72. The Labute approximate surface area is 115 Å². The van der Waals surface area contributed by atoms with Gasteiger partial charge < -0.3 is 9.55 Å². The minimum absolute atomic E-state index is 0.000885. The Bertz CT molecular complexity index is 726. The molecule has 1 aromatic carbocycles. The fraction of sp³-hybridized carbons (Fsp3) is 0.500. The quantitative estimate of drug-likeness (QED) is 0.759. The van der Waals surface area contributed by atoms with Crippen molar-refractivity contribution in [2.24, 2.45) is 10.8 Å². The first-order valence-corrected chi connectivity index (χ1v) is 6.68. The molecule has 2 aromatic rings. The third-order valence-electron chi connectivity index (χ3n) is 4.97. The van der Waals surface area contributed by atoms with Crippen LogP contribution in [0.25, 0.3) is 11.0 Å². The van der Waals surface area contributed by atoms with E-state index < -0.39 is 11.6 Å². The lowest BCUT2D eigenvalue weighted by Gasteiger charge is -2.07. The molecule has 0 spiro atoms. The summed E-state index contributed by atoms with van der Waals surface area (Å²) in [5.74, 6) is -1.67. The van der Waals surface area contributed by atoms with Crippen molar-refractivity contribution < 1.29 is 8.78 Å². The van der Waals surface area contributed by atoms with Crippen molar-refractivity contribution in [3.63, 3.8) is 0 Å². The SMILES string of the molecule is CC1(C)C(n2c(=S)[nH]c3ccc(F)c(F)c32)C1(C)C. The van der Waals surface area contributed by atoms with Crippen molar-refractivity contribution in [1.29, 1.82) is 0 Å². The van der Waals surface area contributed by atoms with Crippen LogP contribution in [-0.2, 0) is 0 Å². The first kappa shape index (κ1) is 12.8. The van der Waals surface area contributed by atoms with E-state index >= 15 is 0 Å². The van der Waals surface area contributed by atoms with Crippen LogP contribution < -0.4 is 0 Å². The summed E-state index contributed by atoms with van der Waals surface area (Å²) in [5.41, 5.74) is 0.786. The number of imidazole rings is 1. The molecule has 0 unspecified atom stereocenters. The van der Waals surface area contributed by atoms with Crippen LogP contribution in [0.4, 0.5) is 8.78 Å². The lowest BCUT2D eigenvalue weighted by molar-refractivity contribution is 0.457. The van der Waals surface area contributed by atoms with Crippen LogP contribution in [0.5, 0.6) is 0 Å². The minimum Gasteiger partial charge on any atom is -0.330 e. The van der Waals surface area contributed by atoms with Crippen molar-refractivity contribution in [3.05, 3.63) is 28.5 Å². The van der Waals surface area contributed by atoms with Gasteiger partial charge in [0.2, 0.25) is 0 Å². The van der Waals surface area contributed by atoms with Crippen LogP contribution in [0.2, 0.25) is 0 Å². The molecule has 0 radical (unpaired) electrons. The number of fused-ring (bicyclic) bond motifs is 1. The maximum absolute atomic E-state index is 14.1. The van der Waals surface area contributed by atoms with Crippen LogP contribution in [0.1, 0.15) is 33.7 Å². The van der Waals surface area contributed by atoms with Gasteiger partial charge in [0.05, 0.1) is 5.52 Å². The number of H-pyrrole nitrogens is 1. The molecule has 1 N–H and O–H groups in total. The Morgan fingerprint density at radius 3 is 2.26 bits per heavy atom. The highest BCUT2D eigenvalue weighted by molar-refractivity contribution is 7.71. The number of benzene rings is 1. The lowest BCUT2D eigenvalue weighted by atomic mass is 10.0. The third kappa shape index (κ3) is 1.42. The molecule has 1 aliphatic rings. The molecule has 0 bridgehead atoms. The van der Waals surface area contributed by atoms with Crippen molar-refractivity contribution in [3.8, 4) is 0 Å². The van der Waals surface area contributed by atoms with Crippen molar-refractivity contribution in [2.75, 3.05) is 0 Å². The summed E-state index contributed by atoms with van der Waals surface area (Å²) in [4.78, 5) is 2.96. The molecule has 1 heterocycles. The molecule has 19 heavy (non-hydrogen) atoms. The number of hydrogen-bond acceptors (Lipinski definition) is 1. The maximum atomic E-state index is 14.1. The van der Waals surface area contributed by atoms with Crippen LogP contribution >= 0.6 is 12.2 Å². The molecule has 1 fully saturated rings. The van der Waals surface area contributed by atoms with E-state index in [0.717, 1.165) is 6.07 Å². The van der Waals surface area contributed by atoms with Gasteiger partial charge in [-0.25, -0.2) is 8.78 Å². The average Bonchev–Trinajstić information content (AvgIpc) is 2.58. The summed E-state index contributed by atoms with van der Waals surface area (Å²) in [6.45, 7) is 8.48. The molecule has 0 amide bonds. The molecular weight excluding hydrogens is 266 g/mol. The molecule has 1 aliphatic carbocycles. The van der Waals surface area contributed by atoms with Crippen molar-refractivity contribution >= 4 is 23.3 Å². The van der Waals surface area contributed by atoms with Gasteiger partial charge in [0.1, 0.15) is 5.52 Å². The number of nitrogens with one attached hydrogen (secondary N) is 1. The lowest BCUT2D eigenvalue weighted by Crippen LogP contribution is -2.03. The summed E-state index contributed by atoms with van der Waals surface area (Å²) in [5, 5.41) is 0. The summed E-state index contributed by atoms with van der Waals surface area (Å²) >= 11 is 5.30. The molecule has 3 rings (SSSR count). The number of aromatic amines is 1. The Kier molecular flexibility index (Phi) is 2.32. The third-order valence-corrected chi connectivity index (χ3v) is 5.27. The van der Waals surface area contributed by atoms with Gasteiger partial charge in [0, 0.05) is 6.04 Å². The molecule has 1 aromatic heterocycles. The number of rotatable bonds is 1. The number of halogens is 2. The maximum Gasteiger partial charge on any atom is 0.184 e. The van der Waals surface area contributed by atoms with Gasteiger partial charge in [-0.2, -0.15) is 0 Å². The second-order valence-corrected chi connectivity index (χ2v) is 6.79. The monoisotopic (exact) mass is 282 g/mol. The fourth-order valence-corrected chi connectivity index (χ4v) is 3.51. The minimum atomic E-state index is -0.841. The number of hydrogen-bond donors (Lipinski definition) is 1. The van der Waals surface area contributed by atoms with Gasteiger partial charge in [-0.15, -0.1) is 0 Å². The second kappa shape index (κ2) is 3.45. The van der Waals surface area contributed by atoms with Crippen LogP contribution in [0.15, 0.2) is 12.1 Å². The zero-order valence-electron chi connectivity index (χ0n) is 11.3. The van der Waals surface area contributed by atoms with E-state index in [9.17, 15) is 8.78 Å². The van der Waals surface area contributed by atoms with E-state index in [1.165, 1.54) is 6.07 Å². The van der Waals surface area contributed by atoms with Crippen molar-refractivity contribution in [2.45, 2.75) is 33.7 Å². The molecule has 2 nitrogen and oxygen atoms in total. The standard InChI is InChI=1S/C14H16F2N2S/c1-13(2)11(14(13,3)4)18-10-8(17-12(18)19)6-5-7(15)9(10)16/h5-6,11H,1-4H3,(H,17,19). The highest BCUT2D eigenvalue weighted by atomic mass is 32.1. The fourth-order valence-electron chi connectivity index (χ4n) is 3.21. The summed E-state index contributed by atoms with van der Waals surface area (Å²) in [6.07, 6.45) is 0. The molecule has 5 heteroatoms. The van der Waals surface area contributed by atoms with Crippen LogP contribution in [-0.4, -0.2) is 9.55 Å². The highest BCUT2D eigenvalue weighted by Gasteiger charge is 2.66. The first-order valence-electron chi connectivity index (χ1n) is 6.28. The van der Waals surface area contributed by atoms with E-state index in [2.05, 4.69) is 32.7 Å². The van der Waals surface area contributed by atoms with Crippen LogP contribution in [0.3, 0.4) is 0 Å². The summed E-state index contributed by atoms with van der Waals surface area (Å²) < 4.78 is 29.8. The molecule has 0 aliphatic heterocycles. The van der Waals surface area contributed by atoms with Gasteiger partial charge in [-0.3, -0.25) is 0 Å². The van der Waals surface area contributed by atoms with Gasteiger partial charge >= 0.3 is 0 Å². The number of nitrogens with zero attached hydrogens (tertiary/aromatic N) is 1. The van der Waals surface area contributed by atoms with Crippen molar-refractivity contribution in [1.82, 2.24) is 9.55 Å². The Hall–Kier alpha value is -1.23. The Morgan fingerprint density at radius 2 is 1.74 bits per heavy atom. The Balaban J connectivity index is 2.35. The van der Waals surface area contributed by atoms with E-state index in [1.807, 2.05) is 0 Å². The average molecular weight is 282 g/mol. The van der Waals surface area contributed by atoms with E-state index in [-0.39, 0.29) is 22.4 Å². The number of aromatic nitrogens is 2. The molecule has 0 atom stereocenters. The zero-order chi connectivity index (χ0) is 14.2. The highest BCUT2D eigenvalue weighted by Crippen LogP contribution is 2.71. The van der Waals surface area contributed by atoms with E-state index in [4.69, 9.17) is 12.2 Å².